The second kappa shape index (κ2) is 7.51. The lowest BCUT2D eigenvalue weighted by molar-refractivity contribution is -0.143. The third-order valence-electron chi connectivity index (χ3n) is 3.02. The average Bonchev–Trinajstić information content (AvgIpc) is 3.13. The summed E-state index contributed by atoms with van der Waals surface area (Å²) in [6.45, 7) is 6.13. The van der Waals surface area contributed by atoms with Gasteiger partial charge < -0.3 is 9.64 Å². The summed E-state index contributed by atoms with van der Waals surface area (Å²) in [4.78, 5) is 31.8. The molecule has 0 aromatic carbocycles. The lowest BCUT2D eigenvalue weighted by Crippen LogP contribution is -2.36. The minimum absolute atomic E-state index is 0.0329. The van der Waals surface area contributed by atoms with Gasteiger partial charge in [-0.2, -0.15) is 0 Å². The predicted octanol–water partition coefficient (Wildman–Crippen LogP) is 3.21. The van der Waals surface area contributed by atoms with E-state index in [2.05, 4.69) is 4.98 Å². The summed E-state index contributed by atoms with van der Waals surface area (Å²) in [5.41, 5.74) is 0.695. The zero-order valence-electron chi connectivity index (χ0n) is 12.8. The maximum absolute atomic E-state index is 12.6. The Kier molecular flexibility index (Phi) is 5.68. The SMILES string of the molecule is CCOC(=O)CN(CC)C(=O)c1sc(-c2cccs2)nc1C. The minimum Gasteiger partial charge on any atom is -0.465 e. The van der Waals surface area contributed by atoms with Crippen LogP contribution in [-0.2, 0) is 9.53 Å². The highest BCUT2D eigenvalue weighted by Crippen LogP contribution is 2.31. The van der Waals surface area contributed by atoms with Gasteiger partial charge in [-0.25, -0.2) is 4.98 Å². The minimum atomic E-state index is -0.390. The molecule has 0 aliphatic carbocycles. The van der Waals surface area contributed by atoms with E-state index in [1.165, 1.54) is 16.2 Å². The smallest absolute Gasteiger partial charge is 0.325 e. The van der Waals surface area contributed by atoms with E-state index in [9.17, 15) is 9.59 Å². The molecule has 0 fully saturated rings. The van der Waals surface area contributed by atoms with Crippen molar-refractivity contribution >= 4 is 34.6 Å². The highest BCUT2D eigenvalue weighted by molar-refractivity contribution is 7.22. The lowest BCUT2D eigenvalue weighted by atomic mass is 10.3. The molecule has 2 heterocycles. The van der Waals surface area contributed by atoms with Gasteiger partial charge in [0.25, 0.3) is 5.91 Å². The molecular formula is C15H18N2O3S2. The van der Waals surface area contributed by atoms with Crippen molar-refractivity contribution < 1.29 is 14.3 Å². The summed E-state index contributed by atoms with van der Waals surface area (Å²) in [6.07, 6.45) is 0. The van der Waals surface area contributed by atoms with Crippen LogP contribution in [0.2, 0.25) is 0 Å². The maximum Gasteiger partial charge on any atom is 0.325 e. The van der Waals surface area contributed by atoms with E-state index in [-0.39, 0.29) is 12.5 Å². The van der Waals surface area contributed by atoms with E-state index < -0.39 is 5.97 Å². The topological polar surface area (TPSA) is 59.5 Å². The fraction of sp³-hybridized carbons (Fsp3) is 0.400. The molecule has 0 aliphatic rings. The largest absolute Gasteiger partial charge is 0.465 e. The lowest BCUT2D eigenvalue weighted by Gasteiger charge is -2.19. The molecule has 0 saturated carbocycles. The van der Waals surface area contributed by atoms with Crippen LogP contribution in [0.3, 0.4) is 0 Å². The predicted molar refractivity (Wildman–Crippen MR) is 88.4 cm³/mol. The quantitative estimate of drug-likeness (QED) is 0.759. The average molecular weight is 338 g/mol. The molecule has 0 radical (unpaired) electrons. The normalized spacial score (nSPS) is 10.5. The van der Waals surface area contributed by atoms with Crippen LogP contribution in [0.15, 0.2) is 17.5 Å². The number of hydrogen-bond donors (Lipinski definition) is 0. The van der Waals surface area contributed by atoms with Gasteiger partial charge in [-0.05, 0) is 32.2 Å². The third kappa shape index (κ3) is 3.72. The number of rotatable bonds is 6. The van der Waals surface area contributed by atoms with Gasteiger partial charge in [-0.15, -0.1) is 22.7 Å². The molecule has 0 unspecified atom stereocenters. The number of thiazole rings is 1. The van der Waals surface area contributed by atoms with Crippen molar-refractivity contribution in [1.82, 2.24) is 9.88 Å². The van der Waals surface area contributed by atoms with Crippen LogP contribution in [-0.4, -0.2) is 41.5 Å². The first-order chi connectivity index (χ1) is 10.6. The number of aromatic nitrogens is 1. The molecule has 0 saturated heterocycles. The third-order valence-corrected chi connectivity index (χ3v) is 5.20. The van der Waals surface area contributed by atoms with E-state index in [1.807, 2.05) is 31.4 Å². The van der Waals surface area contributed by atoms with E-state index in [0.717, 1.165) is 9.88 Å². The molecule has 2 aromatic heterocycles. The second-order valence-electron chi connectivity index (χ2n) is 4.54. The number of nitrogens with zero attached hydrogens (tertiary/aromatic N) is 2. The summed E-state index contributed by atoms with van der Waals surface area (Å²) in [5.74, 6) is -0.563. The number of likely N-dealkylation sites (N-methyl/N-ethyl adjacent to an activating group) is 1. The monoisotopic (exact) mass is 338 g/mol. The summed E-state index contributed by atoms with van der Waals surface area (Å²) >= 11 is 2.96. The summed E-state index contributed by atoms with van der Waals surface area (Å²) in [5, 5.41) is 2.81. The van der Waals surface area contributed by atoms with Gasteiger partial charge in [0.2, 0.25) is 0 Å². The van der Waals surface area contributed by atoms with Gasteiger partial charge in [-0.3, -0.25) is 9.59 Å². The Bertz CT molecular complexity index is 650. The molecule has 0 N–H and O–H groups in total. The van der Waals surface area contributed by atoms with Gasteiger partial charge in [0.15, 0.2) is 0 Å². The summed E-state index contributed by atoms with van der Waals surface area (Å²) in [7, 11) is 0. The molecule has 22 heavy (non-hydrogen) atoms. The van der Waals surface area contributed by atoms with Gasteiger partial charge in [-0.1, -0.05) is 6.07 Å². The summed E-state index contributed by atoms with van der Waals surface area (Å²) < 4.78 is 4.91. The molecule has 5 nitrogen and oxygen atoms in total. The molecule has 0 atom stereocenters. The molecule has 0 aliphatic heterocycles. The van der Waals surface area contributed by atoms with Crippen molar-refractivity contribution in [3.63, 3.8) is 0 Å². The standard InChI is InChI=1S/C15H18N2O3S2/c1-4-17(9-12(18)20-5-2)15(19)13-10(3)16-14(22-13)11-7-6-8-21-11/h6-8H,4-5,9H2,1-3H3. The first-order valence-corrected chi connectivity index (χ1v) is 8.72. The van der Waals surface area contributed by atoms with Crippen LogP contribution >= 0.6 is 22.7 Å². The molecular weight excluding hydrogens is 320 g/mol. The van der Waals surface area contributed by atoms with Gasteiger partial charge in [0.05, 0.1) is 17.2 Å². The number of thiophene rings is 1. The molecule has 0 bridgehead atoms. The van der Waals surface area contributed by atoms with Gasteiger partial charge in [0, 0.05) is 6.54 Å². The number of aryl methyl sites for hydroxylation is 1. The molecule has 7 heteroatoms. The molecule has 118 valence electrons. The highest BCUT2D eigenvalue weighted by Gasteiger charge is 2.23. The van der Waals surface area contributed by atoms with Crippen molar-refractivity contribution in [3.05, 3.63) is 28.1 Å². The van der Waals surface area contributed by atoms with E-state index in [0.29, 0.717) is 23.7 Å². The zero-order chi connectivity index (χ0) is 16.1. The van der Waals surface area contributed by atoms with E-state index in [1.54, 1.807) is 18.3 Å². The van der Waals surface area contributed by atoms with Gasteiger partial charge >= 0.3 is 5.97 Å². The van der Waals surface area contributed by atoms with Crippen molar-refractivity contribution in [3.8, 4) is 9.88 Å². The second-order valence-corrected chi connectivity index (χ2v) is 6.48. The Hall–Kier alpha value is -1.73. The van der Waals surface area contributed by atoms with E-state index in [4.69, 9.17) is 4.74 Å². The fourth-order valence-electron chi connectivity index (χ4n) is 1.93. The van der Waals surface area contributed by atoms with Crippen LogP contribution in [0.5, 0.6) is 0 Å². The number of ether oxygens (including phenoxy) is 1. The Morgan fingerprint density at radius 2 is 2.14 bits per heavy atom. The van der Waals surface area contributed by atoms with Crippen molar-refractivity contribution in [2.75, 3.05) is 19.7 Å². The number of amides is 1. The fourth-order valence-corrected chi connectivity index (χ4v) is 3.76. The van der Waals surface area contributed by atoms with Gasteiger partial charge in [0.1, 0.15) is 16.4 Å². The number of esters is 1. The van der Waals surface area contributed by atoms with Crippen molar-refractivity contribution in [1.29, 1.82) is 0 Å². The molecule has 2 aromatic rings. The molecule has 0 spiro atoms. The number of carbonyl (C=O) groups is 2. The summed E-state index contributed by atoms with van der Waals surface area (Å²) in [6, 6.07) is 3.94. The van der Waals surface area contributed by atoms with Crippen LogP contribution < -0.4 is 0 Å². The zero-order valence-corrected chi connectivity index (χ0v) is 14.4. The Labute approximate surface area is 137 Å². The van der Waals surface area contributed by atoms with Crippen molar-refractivity contribution in [2.24, 2.45) is 0 Å². The van der Waals surface area contributed by atoms with Crippen molar-refractivity contribution in [2.45, 2.75) is 20.8 Å². The van der Waals surface area contributed by atoms with Crippen LogP contribution in [0, 0.1) is 6.92 Å². The Balaban J connectivity index is 2.19. The molecule has 2 rings (SSSR count). The van der Waals surface area contributed by atoms with Crippen LogP contribution in [0.25, 0.3) is 9.88 Å². The Morgan fingerprint density at radius 1 is 1.36 bits per heavy atom. The van der Waals surface area contributed by atoms with Crippen LogP contribution in [0.1, 0.15) is 29.2 Å². The maximum atomic E-state index is 12.6. The highest BCUT2D eigenvalue weighted by atomic mass is 32.1. The Morgan fingerprint density at radius 3 is 2.73 bits per heavy atom. The number of carbonyl (C=O) groups excluding carboxylic acids is 2. The first kappa shape index (κ1) is 16.6. The first-order valence-electron chi connectivity index (χ1n) is 7.03. The van der Waals surface area contributed by atoms with E-state index >= 15 is 0 Å². The van der Waals surface area contributed by atoms with Crippen LogP contribution in [0.4, 0.5) is 0 Å². The number of hydrogen-bond acceptors (Lipinski definition) is 6. The molecule has 1 amide bonds.